The van der Waals surface area contributed by atoms with E-state index in [0.29, 0.717) is 31.9 Å². The number of hydrogen-bond acceptors (Lipinski definition) is 6. The number of anilines is 1. The maximum Gasteiger partial charge on any atom is 0.152 e. The molecular formula is C10H18N4O3S. The summed E-state index contributed by atoms with van der Waals surface area (Å²) in [6, 6.07) is 0. The Morgan fingerprint density at radius 1 is 1.39 bits per heavy atom. The van der Waals surface area contributed by atoms with Crippen molar-refractivity contribution in [3.05, 3.63) is 12.4 Å². The molecule has 18 heavy (non-hydrogen) atoms. The topological polar surface area (TPSA) is 101 Å². The minimum atomic E-state index is -2.86. The van der Waals surface area contributed by atoms with Crippen molar-refractivity contribution >= 4 is 15.5 Å². The van der Waals surface area contributed by atoms with Crippen LogP contribution in [0.25, 0.3) is 0 Å². The van der Waals surface area contributed by atoms with Gasteiger partial charge in [-0.05, 0) is 0 Å². The number of nitrogens with zero attached hydrogens (tertiary/aromatic N) is 3. The van der Waals surface area contributed by atoms with Crippen LogP contribution in [0.5, 0.6) is 0 Å². The maximum atomic E-state index is 11.3. The Labute approximate surface area is 106 Å². The van der Waals surface area contributed by atoms with Crippen LogP contribution in [0, 0.1) is 0 Å². The largest absolute Gasteiger partial charge is 0.396 e. The van der Waals surface area contributed by atoms with Gasteiger partial charge >= 0.3 is 0 Å². The number of aliphatic hydroxyl groups excluding tert-OH is 1. The standard InChI is InChI=1S/C10H18N4O3S/c11-9-5-12-14(6-9)8-10(15)7-13-1-3-18(16,17)4-2-13/h5-6,10,15H,1-4,7-8,11H2. The van der Waals surface area contributed by atoms with Crippen molar-refractivity contribution in [3.63, 3.8) is 0 Å². The molecule has 1 fully saturated rings. The summed E-state index contributed by atoms with van der Waals surface area (Å²) in [6.07, 6.45) is 2.61. The van der Waals surface area contributed by atoms with Gasteiger partial charge in [0.1, 0.15) is 0 Å². The van der Waals surface area contributed by atoms with E-state index in [0.717, 1.165) is 0 Å². The van der Waals surface area contributed by atoms with Crippen LogP contribution in [0.4, 0.5) is 5.69 Å². The molecule has 0 aliphatic carbocycles. The molecule has 0 spiro atoms. The second kappa shape index (κ2) is 5.25. The van der Waals surface area contributed by atoms with Gasteiger partial charge in [0, 0.05) is 25.8 Å². The summed E-state index contributed by atoms with van der Waals surface area (Å²) in [5.74, 6) is 0.350. The minimum absolute atomic E-state index is 0.175. The predicted molar refractivity (Wildman–Crippen MR) is 67.7 cm³/mol. The summed E-state index contributed by atoms with van der Waals surface area (Å²) in [5.41, 5.74) is 6.09. The SMILES string of the molecule is Nc1cnn(CC(O)CN2CCS(=O)(=O)CC2)c1. The lowest BCUT2D eigenvalue weighted by Crippen LogP contribution is -2.44. The van der Waals surface area contributed by atoms with E-state index in [9.17, 15) is 13.5 Å². The highest BCUT2D eigenvalue weighted by Gasteiger charge is 2.23. The molecule has 7 nitrogen and oxygen atoms in total. The molecule has 3 N–H and O–H groups in total. The smallest absolute Gasteiger partial charge is 0.152 e. The van der Waals surface area contributed by atoms with Gasteiger partial charge in [0.25, 0.3) is 0 Å². The molecule has 1 atom stereocenters. The first-order valence-corrected chi connectivity index (χ1v) is 7.65. The van der Waals surface area contributed by atoms with E-state index in [1.165, 1.54) is 6.20 Å². The summed E-state index contributed by atoms with van der Waals surface area (Å²) in [4.78, 5) is 1.96. The Kier molecular flexibility index (Phi) is 3.88. The molecule has 1 aromatic rings. The number of sulfone groups is 1. The van der Waals surface area contributed by atoms with Gasteiger partial charge in [0.2, 0.25) is 0 Å². The Bertz CT molecular complexity index is 485. The molecule has 0 radical (unpaired) electrons. The van der Waals surface area contributed by atoms with Crippen molar-refractivity contribution in [1.29, 1.82) is 0 Å². The third-order valence-corrected chi connectivity index (χ3v) is 4.57. The van der Waals surface area contributed by atoms with E-state index in [1.54, 1.807) is 10.9 Å². The van der Waals surface area contributed by atoms with Crippen LogP contribution >= 0.6 is 0 Å². The fraction of sp³-hybridized carbons (Fsp3) is 0.700. The second-order valence-electron chi connectivity index (χ2n) is 4.60. The van der Waals surface area contributed by atoms with Gasteiger partial charge in [-0.3, -0.25) is 9.58 Å². The highest BCUT2D eigenvalue weighted by atomic mass is 32.2. The van der Waals surface area contributed by atoms with Crippen molar-refractivity contribution in [2.45, 2.75) is 12.6 Å². The molecule has 102 valence electrons. The van der Waals surface area contributed by atoms with Crippen LogP contribution < -0.4 is 5.73 Å². The summed E-state index contributed by atoms with van der Waals surface area (Å²) < 4.78 is 24.1. The van der Waals surface area contributed by atoms with Gasteiger partial charge < -0.3 is 10.8 Å². The number of nitrogen functional groups attached to an aromatic ring is 1. The third kappa shape index (κ3) is 3.69. The number of β-amino-alcohol motifs (C(OH)–C–C–N with tert-alkyl or cyclic N) is 1. The maximum absolute atomic E-state index is 11.3. The minimum Gasteiger partial charge on any atom is -0.396 e. The molecular weight excluding hydrogens is 256 g/mol. The zero-order valence-electron chi connectivity index (χ0n) is 10.1. The lowest BCUT2D eigenvalue weighted by Gasteiger charge is -2.28. The molecule has 0 bridgehead atoms. The van der Waals surface area contributed by atoms with Gasteiger partial charge in [-0.1, -0.05) is 0 Å². The van der Waals surface area contributed by atoms with Gasteiger partial charge in [-0.15, -0.1) is 0 Å². The molecule has 1 aromatic heterocycles. The van der Waals surface area contributed by atoms with Crippen LogP contribution in [0.15, 0.2) is 12.4 Å². The van der Waals surface area contributed by atoms with Crippen molar-refractivity contribution in [1.82, 2.24) is 14.7 Å². The van der Waals surface area contributed by atoms with Crippen molar-refractivity contribution in [3.8, 4) is 0 Å². The Balaban J connectivity index is 1.80. The second-order valence-corrected chi connectivity index (χ2v) is 6.91. The zero-order chi connectivity index (χ0) is 13.2. The summed E-state index contributed by atoms with van der Waals surface area (Å²) in [7, 11) is -2.86. The monoisotopic (exact) mass is 274 g/mol. The first-order chi connectivity index (χ1) is 8.44. The quantitative estimate of drug-likeness (QED) is 0.697. The highest BCUT2D eigenvalue weighted by molar-refractivity contribution is 7.91. The average molecular weight is 274 g/mol. The summed E-state index contributed by atoms with van der Waals surface area (Å²) >= 11 is 0. The number of aliphatic hydroxyl groups is 1. The Hall–Kier alpha value is -1.12. The first kappa shape index (κ1) is 13.3. The van der Waals surface area contributed by atoms with E-state index in [4.69, 9.17) is 5.73 Å². The van der Waals surface area contributed by atoms with E-state index < -0.39 is 15.9 Å². The molecule has 1 saturated heterocycles. The molecule has 0 aromatic carbocycles. The molecule has 1 unspecified atom stereocenters. The van der Waals surface area contributed by atoms with Crippen molar-refractivity contribution < 1.29 is 13.5 Å². The van der Waals surface area contributed by atoms with Crippen LogP contribution in [-0.2, 0) is 16.4 Å². The zero-order valence-corrected chi connectivity index (χ0v) is 10.9. The number of aromatic nitrogens is 2. The van der Waals surface area contributed by atoms with Crippen molar-refractivity contribution in [2.24, 2.45) is 0 Å². The molecule has 2 rings (SSSR count). The van der Waals surface area contributed by atoms with E-state index in [1.807, 2.05) is 4.90 Å². The fourth-order valence-electron chi connectivity index (χ4n) is 1.98. The van der Waals surface area contributed by atoms with Gasteiger partial charge in [0.15, 0.2) is 9.84 Å². The van der Waals surface area contributed by atoms with Crippen LogP contribution in [0.2, 0.25) is 0 Å². The van der Waals surface area contributed by atoms with Crippen LogP contribution in [-0.4, -0.2) is 65.4 Å². The van der Waals surface area contributed by atoms with Crippen LogP contribution in [0.1, 0.15) is 0 Å². The lowest BCUT2D eigenvalue weighted by molar-refractivity contribution is 0.0988. The first-order valence-electron chi connectivity index (χ1n) is 5.83. The van der Waals surface area contributed by atoms with Crippen LogP contribution in [0.3, 0.4) is 0 Å². The lowest BCUT2D eigenvalue weighted by atomic mass is 10.3. The number of hydrogen-bond donors (Lipinski definition) is 2. The van der Waals surface area contributed by atoms with Gasteiger partial charge in [-0.25, -0.2) is 8.42 Å². The normalized spacial score (nSPS) is 21.8. The fourth-order valence-corrected chi connectivity index (χ4v) is 3.26. The third-order valence-electron chi connectivity index (χ3n) is 2.96. The number of nitrogens with two attached hydrogens (primary N) is 1. The van der Waals surface area contributed by atoms with Gasteiger partial charge in [0.05, 0.1) is 36.0 Å². The average Bonchev–Trinajstić information content (AvgIpc) is 2.67. The predicted octanol–water partition coefficient (Wildman–Crippen LogP) is -1.44. The van der Waals surface area contributed by atoms with E-state index >= 15 is 0 Å². The van der Waals surface area contributed by atoms with Gasteiger partial charge in [-0.2, -0.15) is 5.10 Å². The molecule has 2 heterocycles. The van der Waals surface area contributed by atoms with E-state index in [2.05, 4.69) is 5.10 Å². The number of rotatable bonds is 4. The molecule has 1 aliphatic heterocycles. The molecule has 8 heteroatoms. The highest BCUT2D eigenvalue weighted by Crippen LogP contribution is 2.06. The Morgan fingerprint density at radius 3 is 2.61 bits per heavy atom. The van der Waals surface area contributed by atoms with E-state index in [-0.39, 0.29) is 11.5 Å². The molecule has 1 aliphatic rings. The van der Waals surface area contributed by atoms with Crippen molar-refractivity contribution in [2.75, 3.05) is 36.9 Å². The molecule has 0 amide bonds. The summed E-state index contributed by atoms with van der Waals surface area (Å²) in [5, 5.41) is 13.9. The summed E-state index contributed by atoms with van der Waals surface area (Å²) in [6.45, 7) is 1.79. The molecule has 0 saturated carbocycles. The Morgan fingerprint density at radius 2 is 2.06 bits per heavy atom.